The van der Waals surface area contributed by atoms with Gasteiger partial charge >= 0.3 is 0 Å². The Balaban J connectivity index is 2.20. The third kappa shape index (κ3) is 13.0. The van der Waals surface area contributed by atoms with Crippen LogP contribution in [0.4, 0.5) is 0 Å². The van der Waals surface area contributed by atoms with Crippen LogP contribution in [0.15, 0.2) is 24.3 Å². The van der Waals surface area contributed by atoms with Crippen molar-refractivity contribution < 1.29 is 34.2 Å². The Bertz CT molecular complexity index is 1030. The van der Waals surface area contributed by atoms with Crippen LogP contribution < -0.4 is 32.3 Å². The van der Waals surface area contributed by atoms with Crippen LogP contribution in [0.1, 0.15) is 38.2 Å². The second-order valence-electron chi connectivity index (χ2n) is 9.52. The molecule has 9 N–H and O–H groups in total. The molecule has 0 bridgehead atoms. The average Bonchev–Trinajstić information content (AvgIpc) is 2.93. The maximum atomic E-state index is 13.1. The molecule has 3 unspecified atom stereocenters. The molecule has 1 aliphatic heterocycles. The number of aliphatic hydroxyl groups is 1. The summed E-state index contributed by atoms with van der Waals surface area (Å²) in [5.74, 6) is -1.77. The van der Waals surface area contributed by atoms with Gasteiger partial charge in [-0.25, -0.2) is 0 Å². The van der Waals surface area contributed by atoms with E-state index < -0.39 is 54.4 Å². The van der Waals surface area contributed by atoms with E-state index in [1.807, 2.05) is 0 Å². The van der Waals surface area contributed by atoms with Gasteiger partial charge in [0, 0.05) is 30.9 Å². The van der Waals surface area contributed by atoms with Crippen LogP contribution in [0.3, 0.4) is 0 Å². The first kappa shape index (κ1) is 34.2. The van der Waals surface area contributed by atoms with Gasteiger partial charge in [-0.05, 0) is 50.4 Å². The molecule has 5 amide bonds. The minimum absolute atomic E-state index is 0.0639. The number of phenols is 1. The smallest absolute Gasteiger partial charge is 0.245 e. The van der Waals surface area contributed by atoms with Gasteiger partial charge in [0.25, 0.3) is 0 Å². The molecule has 0 spiro atoms. The van der Waals surface area contributed by atoms with Crippen molar-refractivity contribution in [3.63, 3.8) is 0 Å². The number of unbranched alkanes of at least 4 members (excludes halogenated alkanes) is 1. The highest BCUT2D eigenvalue weighted by Crippen LogP contribution is 2.21. The lowest BCUT2D eigenvalue weighted by Gasteiger charge is -2.25. The molecule has 1 saturated heterocycles. The van der Waals surface area contributed by atoms with Gasteiger partial charge in [0.2, 0.25) is 29.5 Å². The Labute approximate surface area is 247 Å². The van der Waals surface area contributed by atoms with Gasteiger partial charge in [0.1, 0.15) is 23.9 Å². The highest BCUT2D eigenvalue weighted by atomic mass is 33.1. The van der Waals surface area contributed by atoms with Crippen LogP contribution in [-0.2, 0) is 30.4 Å². The minimum atomic E-state index is -1.23. The standard InChI is InChI=1S/C26H40N6O7S2/c1-16(33)23-26(39)28-11-13-41-40-12-9-21(35)31-20(14-17-5-7-18(34)8-6-17)24(37)29-15-22(36)30-19(25(38)32-23)4-2-3-10-27/h5-8,16,19-20,23,33-34H,2-4,9-15,27H2,1H3,(H,28,39)(H,29,37)(H,30,36)(H,31,35)(H,32,38)/t16?,19?,20-,23?/m0/s1. The second-order valence-corrected chi connectivity index (χ2v) is 12.2. The van der Waals surface area contributed by atoms with E-state index in [0.29, 0.717) is 36.5 Å². The van der Waals surface area contributed by atoms with Crippen molar-refractivity contribution in [2.24, 2.45) is 5.73 Å². The minimum Gasteiger partial charge on any atom is -0.508 e. The first-order valence-corrected chi connectivity index (χ1v) is 15.9. The zero-order valence-electron chi connectivity index (χ0n) is 23.0. The lowest BCUT2D eigenvalue weighted by atomic mass is 10.0. The highest BCUT2D eigenvalue weighted by molar-refractivity contribution is 8.76. The molecule has 228 valence electrons. The number of benzene rings is 1. The fourth-order valence-corrected chi connectivity index (χ4v) is 5.78. The number of nitrogens with one attached hydrogen (secondary N) is 5. The van der Waals surface area contributed by atoms with E-state index in [0.717, 1.165) is 0 Å². The molecule has 1 heterocycles. The second kappa shape index (κ2) is 18.4. The normalized spacial score (nSPS) is 23.3. The summed E-state index contributed by atoms with van der Waals surface area (Å²) in [6.07, 6.45) is 0.427. The topological polar surface area (TPSA) is 212 Å². The monoisotopic (exact) mass is 612 g/mol. The van der Waals surface area contributed by atoms with Gasteiger partial charge in [-0.3, -0.25) is 24.0 Å². The molecule has 13 nitrogen and oxygen atoms in total. The van der Waals surface area contributed by atoms with E-state index in [2.05, 4.69) is 26.6 Å². The number of aliphatic hydroxyl groups excluding tert-OH is 1. The molecule has 41 heavy (non-hydrogen) atoms. The van der Waals surface area contributed by atoms with E-state index in [9.17, 15) is 34.2 Å². The summed E-state index contributed by atoms with van der Waals surface area (Å²) in [5.41, 5.74) is 6.26. The molecule has 0 radical (unpaired) electrons. The van der Waals surface area contributed by atoms with Crippen molar-refractivity contribution in [1.29, 1.82) is 0 Å². The predicted molar refractivity (Wildman–Crippen MR) is 158 cm³/mol. The van der Waals surface area contributed by atoms with Crippen LogP contribution in [0.25, 0.3) is 0 Å². The Morgan fingerprint density at radius 1 is 0.878 bits per heavy atom. The molecular formula is C26H40N6O7S2. The van der Waals surface area contributed by atoms with Crippen LogP contribution in [0.5, 0.6) is 5.75 Å². The van der Waals surface area contributed by atoms with E-state index in [4.69, 9.17) is 5.73 Å². The van der Waals surface area contributed by atoms with Crippen molar-refractivity contribution in [2.45, 2.75) is 63.3 Å². The summed E-state index contributed by atoms with van der Waals surface area (Å²) < 4.78 is 0. The van der Waals surface area contributed by atoms with Gasteiger partial charge in [-0.2, -0.15) is 0 Å². The molecule has 0 saturated carbocycles. The quantitative estimate of drug-likeness (QED) is 0.138. The van der Waals surface area contributed by atoms with Gasteiger partial charge in [0.05, 0.1) is 12.6 Å². The first-order chi connectivity index (χ1) is 19.6. The molecule has 1 aromatic carbocycles. The number of amides is 5. The zero-order valence-corrected chi connectivity index (χ0v) is 24.7. The van der Waals surface area contributed by atoms with E-state index in [-0.39, 0.29) is 37.5 Å². The lowest BCUT2D eigenvalue weighted by molar-refractivity contribution is -0.134. The number of hydrogen-bond donors (Lipinski definition) is 8. The van der Waals surface area contributed by atoms with Gasteiger partial charge in [0.15, 0.2) is 0 Å². The highest BCUT2D eigenvalue weighted by Gasteiger charge is 2.30. The summed E-state index contributed by atoms with van der Waals surface area (Å²) in [5, 5.41) is 32.7. The van der Waals surface area contributed by atoms with Crippen molar-refractivity contribution >= 4 is 51.1 Å². The maximum absolute atomic E-state index is 13.1. The third-order valence-electron chi connectivity index (χ3n) is 6.09. The van der Waals surface area contributed by atoms with Crippen molar-refractivity contribution in [2.75, 3.05) is 31.1 Å². The lowest BCUT2D eigenvalue weighted by Crippen LogP contribution is -2.58. The summed E-state index contributed by atoms with van der Waals surface area (Å²) in [6, 6.07) is 2.97. The predicted octanol–water partition coefficient (Wildman–Crippen LogP) is -1.08. The molecule has 1 aliphatic rings. The van der Waals surface area contributed by atoms with E-state index in [1.54, 1.807) is 12.1 Å². The summed E-state index contributed by atoms with van der Waals surface area (Å²) in [4.78, 5) is 64.1. The molecular weight excluding hydrogens is 572 g/mol. The molecule has 15 heteroatoms. The number of phenolic OH excluding ortho intramolecular Hbond substituents is 1. The van der Waals surface area contributed by atoms with Crippen molar-refractivity contribution in [3.05, 3.63) is 29.8 Å². The molecule has 0 aliphatic carbocycles. The maximum Gasteiger partial charge on any atom is 0.245 e. The van der Waals surface area contributed by atoms with E-state index in [1.165, 1.54) is 40.6 Å². The average molecular weight is 613 g/mol. The Morgan fingerprint density at radius 3 is 2.24 bits per heavy atom. The largest absolute Gasteiger partial charge is 0.508 e. The van der Waals surface area contributed by atoms with E-state index >= 15 is 0 Å². The molecule has 1 fully saturated rings. The number of carbonyl (C=O) groups excluding carboxylic acids is 5. The van der Waals surface area contributed by atoms with Crippen LogP contribution >= 0.6 is 21.6 Å². The van der Waals surface area contributed by atoms with Crippen molar-refractivity contribution in [3.8, 4) is 5.75 Å². The Kier molecular flexibility index (Phi) is 15.4. The van der Waals surface area contributed by atoms with Gasteiger partial charge in [-0.1, -0.05) is 33.7 Å². The number of rotatable bonds is 7. The molecule has 1 aromatic rings. The van der Waals surface area contributed by atoms with Crippen molar-refractivity contribution in [1.82, 2.24) is 26.6 Å². The summed E-state index contributed by atoms with van der Waals surface area (Å²) in [7, 11) is 2.87. The molecule has 2 rings (SSSR count). The van der Waals surface area contributed by atoms with Crippen LogP contribution in [0, 0.1) is 0 Å². The Morgan fingerprint density at radius 2 is 1.56 bits per heavy atom. The zero-order chi connectivity index (χ0) is 30.2. The number of carbonyl (C=O) groups is 5. The van der Waals surface area contributed by atoms with Crippen LogP contribution in [0.2, 0.25) is 0 Å². The number of hydrogen-bond acceptors (Lipinski definition) is 10. The SMILES string of the molecule is CC(O)C1NC(=O)C(CCCCN)NC(=O)CNC(=O)[C@H](Cc2ccc(O)cc2)NC(=O)CCSSCCNC1=O. The fourth-order valence-electron chi connectivity index (χ4n) is 3.88. The first-order valence-electron chi connectivity index (χ1n) is 13.5. The summed E-state index contributed by atoms with van der Waals surface area (Å²) in [6.45, 7) is 1.58. The summed E-state index contributed by atoms with van der Waals surface area (Å²) >= 11 is 0. The van der Waals surface area contributed by atoms with Gasteiger partial charge in [-0.15, -0.1) is 0 Å². The van der Waals surface area contributed by atoms with Gasteiger partial charge < -0.3 is 42.5 Å². The third-order valence-corrected chi connectivity index (χ3v) is 8.50. The number of aromatic hydroxyl groups is 1. The number of nitrogens with two attached hydrogens (primary N) is 1. The molecule has 0 aromatic heterocycles. The fraction of sp³-hybridized carbons (Fsp3) is 0.577. The molecule has 4 atom stereocenters. The van der Waals surface area contributed by atoms with Crippen LogP contribution in [-0.4, -0.2) is 95.1 Å². The Hall–Kier alpha value is -3.01.